The summed E-state index contributed by atoms with van der Waals surface area (Å²) >= 11 is 0. The number of carboxylic acids is 1. The van der Waals surface area contributed by atoms with Crippen LogP contribution in [-0.4, -0.2) is 17.0 Å². The van der Waals surface area contributed by atoms with Crippen molar-refractivity contribution in [3.63, 3.8) is 0 Å². The summed E-state index contributed by atoms with van der Waals surface area (Å²) in [6, 6.07) is 8.01. The molecule has 0 radical (unpaired) electrons. The largest absolute Gasteiger partial charge is 0.481 e. The summed E-state index contributed by atoms with van der Waals surface area (Å²) in [6.45, 7) is 3.97. The van der Waals surface area contributed by atoms with E-state index in [4.69, 9.17) is 5.11 Å². The van der Waals surface area contributed by atoms with Gasteiger partial charge in [-0.1, -0.05) is 29.8 Å². The Morgan fingerprint density at radius 2 is 1.95 bits per heavy atom. The SMILES string of the molecule is Cc1cccc([C@@H](C)NC(=O)CCCCC(=O)O)c1. The number of carboxylic acid groups (broad SMARTS) is 1. The topological polar surface area (TPSA) is 66.4 Å². The van der Waals surface area contributed by atoms with Gasteiger partial charge in [0.05, 0.1) is 6.04 Å². The number of unbranched alkanes of at least 4 members (excludes halogenated alkanes) is 1. The molecule has 1 amide bonds. The first kappa shape index (κ1) is 15.2. The van der Waals surface area contributed by atoms with Crippen LogP contribution in [0.5, 0.6) is 0 Å². The quantitative estimate of drug-likeness (QED) is 0.743. The minimum absolute atomic E-state index is 0.0214. The molecule has 4 nitrogen and oxygen atoms in total. The molecular weight excluding hydrogens is 242 g/mol. The van der Waals surface area contributed by atoms with E-state index in [0.29, 0.717) is 19.3 Å². The van der Waals surface area contributed by atoms with Gasteiger partial charge in [-0.05, 0) is 32.3 Å². The Kier molecular flexibility index (Phi) is 6.06. The van der Waals surface area contributed by atoms with Crippen LogP contribution in [0.2, 0.25) is 0 Å². The Morgan fingerprint density at radius 1 is 1.26 bits per heavy atom. The number of nitrogens with one attached hydrogen (secondary N) is 1. The van der Waals surface area contributed by atoms with Crippen molar-refractivity contribution in [2.75, 3.05) is 0 Å². The van der Waals surface area contributed by atoms with Crippen LogP contribution < -0.4 is 5.32 Å². The van der Waals surface area contributed by atoms with E-state index in [1.807, 2.05) is 32.0 Å². The highest BCUT2D eigenvalue weighted by Crippen LogP contribution is 2.14. The highest BCUT2D eigenvalue weighted by atomic mass is 16.4. The maximum absolute atomic E-state index is 11.7. The number of hydrogen-bond acceptors (Lipinski definition) is 2. The number of carbonyl (C=O) groups is 2. The smallest absolute Gasteiger partial charge is 0.303 e. The zero-order chi connectivity index (χ0) is 14.3. The molecule has 19 heavy (non-hydrogen) atoms. The maximum Gasteiger partial charge on any atom is 0.303 e. The summed E-state index contributed by atoms with van der Waals surface area (Å²) in [5.74, 6) is -0.840. The third kappa shape index (κ3) is 6.04. The van der Waals surface area contributed by atoms with Crippen molar-refractivity contribution in [3.8, 4) is 0 Å². The van der Waals surface area contributed by atoms with Gasteiger partial charge < -0.3 is 10.4 Å². The molecule has 1 aromatic rings. The van der Waals surface area contributed by atoms with Gasteiger partial charge in [-0.25, -0.2) is 0 Å². The molecule has 4 heteroatoms. The van der Waals surface area contributed by atoms with Crippen LogP contribution in [-0.2, 0) is 9.59 Å². The summed E-state index contributed by atoms with van der Waals surface area (Å²) in [4.78, 5) is 22.0. The minimum Gasteiger partial charge on any atom is -0.481 e. The molecular formula is C15H21NO3. The van der Waals surface area contributed by atoms with E-state index >= 15 is 0 Å². The van der Waals surface area contributed by atoms with Crippen LogP contribution in [0, 0.1) is 6.92 Å². The second-order valence-corrected chi connectivity index (χ2v) is 4.80. The lowest BCUT2D eigenvalue weighted by atomic mass is 10.1. The van der Waals surface area contributed by atoms with Crippen molar-refractivity contribution in [3.05, 3.63) is 35.4 Å². The number of carbonyl (C=O) groups excluding carboxylic acids is 1. The number of rotatable bonds is 7. The molecule has 0 fully saturated rings. The van der Waals surface area contributed by atoms with E-state index in [-0.39, 0.29) is 18.4 Å². The molecule has 2 N–H and O–H groups in total. The predicted molar refractivity (Wildman–Crippen MR) is 73.8 cm³/mol. The number of aliphatic carboxylic acids is 1. The monoisotopic (exact) mass is 263 g/mol. The van der Waals surface area contributed by atoms with Gasteiger partial charge in [-0.2, -0.15) is 0 Å². The molecule has 0 aliphatic heterocycles. The third-order valence-electron chi connectivity index (χ3n) is 2.96. The highest BCUT2D eigenvalue weighted by molar-refractivity contribution is 5.76. The molecule has 0 saturated heterocycles. The van der Waals surface area contributed by atoms with Crippen molar-refractivity contribution >= 4 is 11.9 Å². The first-order valence-corrected chi connectivity index (χ1v) is 6.57. The van der Waals surface area contributed by atoms with Crippen LogP contribution >= 0.6 is 0 Å². The van der Waals surface area contributed by atoms with Crippen molar-refractivity contribution in [1.29, 1.82) is 0 Å². The molecule has 0 saturated carbocycles. The van der Waals surface area contributed by atoms with Crippen molar-refractivity contribution < 1.29 is 14.7 Å². The van der Waals surface area contributed by atoms with Crippen LogP contribution in [0.4, 0.5) is 0 Å². The standard InChI is InChI=1S/C15H21NO3/c1-11-6-5-7-13(10-11)12(2)16-14(17)8-3-4-9-15(18)19/h5-7,10,12H,3-4,8-9H2,1-2H3,(H,16,17)(H,18,19)/t12-/m1/s1. The number of benzene rings is 1. The second kappa shape index (κ2) is 7.56. The van der Waals surface area contributed by atoms with Crippen LogP contribution in [0.3, 0.4) is 0 Å². The molecule has 1 atom stereocenters. The second-order valence-electron chi connectivity index (χ2n) is 4.80. The molecule has 1 aromatic carbocycles. The van der Waals surface area contributed by atoms with E-state index in [1.165, 1.54) is 5.56 Å². The van der Waals surface area contributed by atoms with Gasteiger partial charge in [-0.3, -0.25) is 9.59 Å². The average molecular weight is 263 g/mol. The normalized spacial score (nSPS) is 11.9. The summed E-state index contributed by atoms with van der Waals surface area (Å²) in [6.07, 6.45) is 1.66. The van der Waals surface area contributed by atoms with Gasteiger partial charge in [0.2, 0.25) is 5.91 Å². The molecule has 0 unspecified atom stereocenters. The van der Waals surface area contributed by atoms with Crippen LogP contribution in [0.1, 0.15) is 49.8 Å². The Bertz CT molecular complexity index is 443. The van der Waals surface area contributed by atoms with Crippen LogP contribution in [0.25, 0.3) is 0 Å². The Labute approximate surface area is 113 Å². The predicted octanol–water partition coefficient (Wildman–Crippen LogP) is 2.82. The minimum atomic E-state index is -0.812. The van der Waals surface area contributed by atoms with Gasteiger partial charge in [-0.15, -0.1) is 0 Å². The third-order valence-corrected chi connectivity index (χ3v) is 2.96. The highest BCUT2D eigenvalue weighted by Gasteiger charge is 2.09. The van der Waals surface area contributed by atoms with E-state index < -0.39 is 5.97 Å². The van der Waals surface area contributed by atoms with Gasteiger partial charge in [0.15, 0.2) is 0 Å². The first-order valence-electron chi connectivity index (χ1n) is 6.57. The van der Waals surface area contributed by atoms with Gasteiger partial charge in [0.25, 0.3) is 0 Å². The molecule has 0 heterocycles. The molecule has 0 aromatic heterocycles. The molecule has 0 aliphatic carbocycles. The van der Waals surface area contributed by atoms with Gasteiger partial charge in [0, 0.05) is 12.8 Å². The Hall–Kier alpha value is -1.84. The fraction of sp³-hybridized carbons (Fsp3) is 0.467. The van der Waals surface area contributed by atoms with Gasteiger partial charge >= 0.3 is 5.97 Å². The molecule has 0 bridgehead atoms. The van der Waals surface area contributed by atoms with Crippen molar-refractivity contribution in [1.82, 2.24) is 5.32 Å². The average Bonchev–Trinajstić information content (AvgIpc) is 2.34. The zero-order valence-electron chi connectivity index (χ0n) is 11.5. The zero-order valence-corrected chi connectivity index (χ0v) is 11.5. The summed E-state index contributed by atoms with van der Waals surface area (Å²) in [5.41, 5.74) is 2.25. The van der Waals surface area contributed by atoms with E-state index in [2.05, 4.69) is 11.4 Å². The van der Waals surface area contributed by atoms with E-state index in [0.717, 1.165) is 5.56 Å². The van der Waals surface area contributed by atoms with E-state index in [1.54, 1.807) is 0 Å². The van der Waals surface area contributed by atoms with Gasteiger partial charge in [0.1, 0.15) is 0 Å². The fourth-order valence-corrected chi connectivity index (χ4v) is 1.90. The molecule has 1 rings (SSSR count). The number of aryl methyl sites for hydroxylation is 1. The van der Waals surface area contributed by atoms with E-state index in [9.17, 15) is 9.59 Å². The lowest BCUT2D eigenvalue weighted by molar-refractivity contribution is -0.137. The van der Waals surface area contributed by atoms with Crippen molar-refractivity contribution in [2.24, 2.45) is 0 Å². The lowest BCUT2D eigenvalue weighted by Gasteiger charge is -2.14. The lowest BCUT2D eigenvalue weighted by Crippen LogP contribution is -2.26. The molecule has 0 aliphatic rings. The Balaban J connectivity index is 2.34. The number of hydrogen-bond donors (Lipinski definition) is 2. The van der Waals surface area contributed by atoms with Crippen LogP contribution in [0.15, 0.2) is 24.3 Å². The maximum atomic E-state index is 11.7. The molecule has 104 valence electrons. The van der Waals surface area contributed by atoms with Crippen molar-refractivity contribution in [2.45, 2.75) is 45.6 Å². The summed E-state index contributed by atoms with van der Waals surface area (Å²) in [5, 5.41) is 11.4. The summed E-state index contributed by atoms with van der Waals surface area (Å²) < 4.78 is 0. The summed E-state index contributed by atoms with van der Waals surface area (Å²) in [7, 11) is 0. The fourth-order valence-electron chi connectivity index (χ4n) is 1.90. The molecule has 0 spiro atoms. The number of amides is 1. The Morgan fingerprint density at radius 3 is 2.58 bits per heavy atom. The first-order chi connectivity index (χ1) is 8.99.